The average Bonchev–Trinajstić information content (AvgIpc) is 2.89. The number of amides is 1. The zero-order chi connectivity index (χ0) is 28.8. The van der Waals surface area contributed by atoms with E-state index in [4.69, 9.17) is 14.6 Å². The van der Waals surface area contributed by atoms with Gasteiger partial charge in [0.2, 0.25) is 5.60 Å². The minimum absolute atomic E-state index is 0.0375. The SMILES string of the molecule is CC(C)NC(=O)C[N+]12CCC(CC1)[C@@H](OC(=O)C(O)(c1ccccc1)c1ccccc1)C2.O=C([O-])C(F)(F)F. The lowest BCUT2D eigenvalue weighted by molar-refractivity contribution is -0.939. The molecule has 8 nitrogen and oxygen atoms in total. The van der Waals surface area contributed by atoms with Crippen LogP contribution >= 0.6 is 0 Å². The topological polar surface area (TPSA) is 116 Å². The lowest BCUT2D eigenvalue weighted by atomic mass is 9.82. The zero-order valence-electron chi connectivity index (χ0n) is 21.8. The van der Waals surface area contributed by atoms with E-state index in [2.05, 4.69) is 5.32 Å². The predicted octanol–water partition coefficient (Wildman–Crippen LogP) is 1.90. The Bertz CT molecular complexity index is 1090. The summed E-state index contributed by atoms with van der Waals surface area (Å²) in [6, 6.07) is 18.0. The number of benzene rings is 2. The minimum atomic E-state index is -5.19. The number of quaternary nitrogens is 1. The number of carboxylic acid groups (broad SMARTS) is 1. The van der Waals surface area contributed by atoms with Crippen LogP contribution in [0.3, 0.4) is 0 Å². The van der Waals surface area contributed by atoms with E-state index in [1.54, 1.807) is 48.5 Å². The number of hydrogen-bond donors (Lipinski definition) is 2. The molecule has 2 N–H and O–H groups in total. The largest absolute Gasteiger partial charge is 0.542 e. The van der Waals surface area contributed by atoms with Crippen LogP contribution in [0.5, 0.6) is 0 Å². The van der Waals surface area contributed by atoms with Crippen LogP contribution in [0.15, 0.2) is 60.7 Å². The van der Waals surface area contributed by atoms with Crippen molar-refractivity contribution in [2.45, 2.75) is 50.6 Å². The van der Waals surface area contributed by atoms with E-state index in [0.717, 1.165) is 25.9 Å². The van der Waals surface area contributed by atoms with Crippen LogP contribution in [-0.4, -0.2) is 71.9 Å². The first-order valence-corrected chi connectivity index (χ1v) is 12.7. The van der Waals surface area contributed by atoms with E-state index >= 15 is 0 Å². The minimum Gasteiger partial charge on any atom is -0.542 e. The van der Waals surface area contributed by atoms with Crippen LogP contribution in [0.2, 0.25) is 0 Å². The average molecular weight is 551 g/mol. The molecular weight excluding hydrogens is 517 g/mol. The maximum absolute atomic E-state index is 13.5. The molecule has 212 valence electrons. The Balaban J connectivity index is 0.000000532. The third kappa shape index (κ3) is 7.36. The second-order valence-corrected chi connectivity index (χ2v) is 10.4. The molecule has 3 saturated heterocycles. The quantitative estimate of drug-likeness (QED) is 0.402. The van der Waals surface area contributed by atoms with Crippen LogP contribution in [0.25, 0.3) is 0 Å². The second kappa shape index (κ2) is 12.2. The Morgan fingerprint density at radius 1 is 1.00 bits per heavy atom. The molecule has 0 unspecified atom stereocenters. The number of ether oxygens (including phenoxy) is 1. The number of hydrogen-bond acceptors (Lipinski definition) is 6. The van der Waals surface area contributed by atoms with Crippen molar-refractivity contribution in [1.82, 2.24) is 5.32 Å². The molecule has 0 spiro atoms. The van der Waals surface area contributed by atoms with Gasteiger partial charge in [-0.2, -0.15) is 13.2 Å². The van der Waals surface area contributed by atoms with Gasteiger partial charge in [0.05, 0.1) is 13.1 Å². The third-order valence-corrected chi connectivity index (χ3v) is 7.14. The number of carbonyl (C=O) groups is 3. The van der Waals surface area contributed by atoms with Crippen molar-refractivity contribution in [3.05, 3.63) is 71.8 Å². The molecule has 0 radical (unpaired) electrons. The molecule has 0 saturated carbocycles. The molecule has 0 aromatic heterocycles. The highest BCUT2D eigenvalue weighted by Gasteiger charge is 2.51. The Kier molecular flexibility index (Phi) is 9.39. The number of piperidine rings is 3. The van der Waals surface area contributed by atoms with Crippen molar-refractivity contribution >= 4 is 17.8 Å². The normalized spacial score (nSPS) is 22.4. The molecular formula is C28H33F3N2O6. The summed E-state index contributed by atoms with van der Waals surface area (Å²) in [6.45, 7) is 6.78. The molecule has 0 aliphatic carbocycles. The molecule has 3 heterocycles. The lowest BCUT2D eigenvalue weighted by Crippen LogP contribution is -2.67. The lowest BCUT2D eigenvalue weighted by Gasteiger charge is -2.51. The fraction of sp³-hybridized carbons (Fsp3) is 0.464. The van der Waals surface area contributed by atoms with E-state index in [9.17, 15) is 27.9 Å². The smallest absolute Gasteiger partial charge is 0.430 e. The van der Waals surface area contributed by atoms with E-state index in [1.165, 1.54) is 0 Å². The van der Waals surface area contributed by atoms with Gasteiger partial charge < -0.3 is 29.5 Å². The van der Waals surface area contributed by atoms with Gasteiger partial charge in [0.1, 0.15) is 12.5 Å². The van der Waals surface area contributed by atoms with E-state index in [1.807, 2.05) is 26.0 Å². The number of alkyl halides is 3. The molecule has 3 aliphatic rings. The molecule has 1 atom stereocenters. The first-order valence-electron chi connectivity index (χ1n) is 12.7. The molecule has 3 fully saturated rings. The van der Waals surface area contributed by atoms with Crippen LogP contribution in [0.4, 0.5) is 13.2 Å². The summed E-state index contributed by atoms with van der Waals surface area (Å²) in [5.41, 5.74) is -0.913. The van der Waals surface area contributed by atoms with Crippen LogP contribution in [-0.2, 0) is 24.7 Å². The highest BCUT2D eigenvalue weighted by molar-refractivity contribution is 5.85. The summed E-state index contributed by atoms with van der Waals surface area (Å²) in [7, 11) is 0. The second-order valence-electron chi connectivity index (χ2n) is 10.4. The van der Waals surface area contributed by atoms with Gasteiger partial charge in [0.25, 0.3) is 5.91 Å². The highest BCUT2D eigenvalue weighted by Crippen LogP contribution is 2.38. The van der Waals surface area contributed by atoms with Gasteiger partial charge in [-0.1, -0.05) is 60.7 Å². The summed E-state index contributed by atoms with van der Waals surface area (Å²) >= 11 is 0. The van der Waals surface area contributed by atoms with Crippen molar-refractivity contribution in [3.63, 3.8) is 0 Å². The van der Waals surface area contributed by atoms with E-state index < -0.39 is 23.7 Å². The van der Waals surface area contributed by atoms with E-state index in [0.29, 0.717) is 28.7 Å². The molecule has 5 rings (SSSR count). The van der Waals surface area contributed by atoms with Crippen molar-refractivity contribution in [3.8, 4) is 0 Å². The number of fused-ring (bicyclic) bond motifs is 3. The highest BCUT2D eigenvalue weighted by atomic mass is 19.4. The predicted molar refractivity (Wildman–Crippen MR) is 133 cm³/mol. The Hall–Kier alpha value is -3.44. The van der Waals surface area contributed by atoms with Gasteiger partial charge in [-0.3, -0.25) is 4.79 Å². The van der Waals surface area contributed by atoms with Crippen LogP contribution < -0.4 is 10.4 Å². The summed E-state index contributed by atoms with van der Waals surface area (Å²) in [5.74, 6) is -3.36. The first-order chi connectivity index (χ1) is 18.3. The Morgan fingerprint density at radius 2 is 1.46 bits per heavy atom. The van der Waals surface area contributed by atoms with Crippen molar-refractivity contribution < 1.29 is 47.0 Å². The van der Waals surface area contributed by atoms with Crippen molar-refractivity contribution in [2.75, 3.05) is 26.2 Å². The third-order valence-electron chi connectivity index (χ3n) is 7.14. The van der Waals surface area contributed by atoms with Gasteiger partial charge in [-0.25, -0.2) is 4.79 Å². The van der Waals surface area contributed by atoms with Gasteiger partial charge in [-0.15, -0.1) is 0 Å². The molecule has 2 aromatic carbocycles. The maximum atomic E-state index is 13.5. The van der Waals surface area contributed by atoms with Crippen molar-refractivity contribution in [2.24, 2.45) is 5.92 Å². The fourth-order valence-corrected chi connectivity index (χ4v) is 5.23. The summed E-state index contributed by atoms with van der Waals surface area (Å²) in [6.07, 6.45) is -3.67. The molecule has 3 aliphatic heterocycles. The number of aliphatic hydroxyl groups is 1. The zero-order valence-corrected chi connectivity index (χ0v) is 21.8. The summed E-state index contributed by atoms with van der Waals surface area (Å²) in [5, 5.41) is 23.5. The summed E-state index contributed by atoms with van der Waals surface area (Å²) in [4.78, 5) is 34.8. The standard InChI is InChI=1S/C26H32N2O4.C2HF3O2/c1-19(2)27-24(29)18-28-15-13-20(14-16-28)23(17-28)32-25(30)26(31,21-9-5-3-6-10-21)22-11-7-4-8-12-22;3-2(4,5)1(6)7/h3-12,19-20,23,31H,13-18H2,1-2H3;(H,6,7)/t20?,23-,28?;/m0./s1. The molecule has 11 heteroatoms. The number of carbonyl (C=O) groups excluding carboxylic acids is 3. The number of nitrogens with zero attached hydrogens (tertiary/aromatic N) is 1. The number of esters is 1. The van der Waals surface area contributed by atoms with Crippen LogP contribution in [0.1, 0.15) is 37.8 Å². The Labute approximate surface area is 225 Å². The monoisotopic (exact) mass is 550 g/mol. The molecule has 39 heavy (non-hydrogen) atoms. The summed E-state index contributed by atoms with van der Waals surface area (Å²) < 4.78 is 38.2. The number of carboxylic acids is 1. The van der Waals surface area contributed by atoms with Gasteiger partial charge in [0, 0.05) is 24.8 Å². The van der Waals surface area contributed by atoms with Crippen molar-refractivity contribution in [1.29, 1.82) is 0 Å². The molecule has 2 aromatic rings. The van der Waals surface area contributed by atoms with Gasteiger partial charge >= 0.3 is 12.1 Å². The number of nitrogens with one attached hydrogen (secondary N) is 1. The van der Waals surface area contributed by atoms with E-state index in [-0.39, 0.29) is 24.0 Å². The number of aliphatic carboxylic acids is 1. The van der Waals surface area contributed by atoms with Crippen LogP contribution in [0, 0.1) is 5.92 Å². The number of rotatable bonds is 7. The maximum Gasteiger partial charge on any atom is 0.430 e. The van der Waals surface area contributed by atoms with Gasteiger partial charge in [0.15, 0.2) is 12.6 Å². The van der Waals surface area contributed by atoms with Gasteiger partial charge in [-0.05, 0) is 25.0 Å². The molecule has 1 amide bonds. The fourth-order valence-electron chi connectivity index (χ4n) is 5.23. The first kappa shape index (κ1) is 30.1. The molecule has 2 bridgehead atoms. The Morgan fingerprint density at radius 3 is 1.87 bits per heavy atom. The number of halogens is 3.